The lowest BCUT2D eigenvalue weighted by Gasteiger charge is -2.20. The monoisotopic (exact) mass is 196 g/mol. The van der Waals surface area contributed by atoms with Gasteiger partial charge in [0.25, 0.3) is 0 Å². The van der Waals surface area contributed by atoms with Gasteiger partial charge in [0.2, 0.25) is 0 Å². The van der Waals surface area contributed by atoms with E-state index < -0.39 is 0 Å². The Bertz CT molecular complexity index is 304. The largest absolute Gasteiger partial charge is 0.381 e. The standard InChI is InChI=1S/C9H16N4O/c1-13-9(11-8(6-10)12-13)7-2-4-14-5-3-7/h7H,2-6,10H2,1H3. The number of rotatable bonds is 2. The van der Waals surface area contributed by atoms with Crippen molar-refractivity contribution in [3.05, 3.63) is 11.6 Å². The third kappa shape index (κ3) is 1.78. The number of nitrogens with two attached hydrogens (primary N) is 1. The van der Waals surface area contributed by atoms with Gasteiger partial charge in [-0.05, 0) is 12.8 Å². The Kier molecular flexibility index (Phi) is 2.79. The third-order valence-corrected chi connectivity index (χ3v) is 2.61. The summed E-state index contributed by atoms with van der Waals surface area (Å²) in [5, 5.41) is 4.24. The lowest BCUT2D eigenvalue weighted by molar-refractivity contribution is 0.0828. The fourth-order valence-electron chi connectivity index (χ4n) is 1.85. The van der Waals surface area contributed by atoms with Crippen molar-refractivity contribution in [1.29, 1.82) is 0 Å². The summed E-state index contributed by atoms with van der Waals surface area (Å²) in [6, 6.07) is 0. The number of hydrogen-bond donors (Lipinski definition) is 1. The molecule has 2 N–H and O–H groups in total. The van der Waals surface area contributed by atoms with Gasteiger partial charge in [0.1, 0.15) is 5.82 Å². The van der Waals surface area contributed by atoms with Crippen molar-refractivity contribution in [2.75, 3.05) is 13.2 Å². The number of aryl methyl sites for hydroxylation is 1. The van der Waals surface area contributed by atoms with Gasteiger partial charge in [0.15, 0.2) is 5.82 Å². The van der Waals surface area contributed by atoms with Crippen molar-refractivity contribution in [3.8, 4) is 0 Å². The average molecular weight is 196 g/mol. The van der Waals surface area contributed by atoms with Gasteiger partial charge >= 0.3 is 0 Å². The SMILES string of the molecule is Cn1nc(CN)nc1C1CCOCC1. The molecule has 1 aromatic heterocycles. The highest BCUT2D eigenvalue weighted by atomic mass is 16.5. The Balaban J connectivity index is 2.17. The van der Waals surface area contributed by atoms with E-state index in [1.54, 1.807) is 0 Å². The van der Waals surface area contributed by atoms with E-state index in [0.717, 1.165) is 37.7 Å². The van der Waals surface area contributed by atoms with Crippen LogP contribution in [0.4, 0.5) is 0 Å². The maximum absolute atomic E-state index is 5.50. The summed E-state index contributed by atoms with van der Waals surface area (Å²) in [6.45, 7) is 2.07. The minimum absolute atomic E-state index is 0.414. The molecule has 0 spiro atoms. The number of ether oxygens (including phenoxy) is 1. The Morgan fingerprint density at radius 3 is 2.79 bits per heavy atom. The van der Waals surface area contributed by atoms with Gasteiger partial charge in [0.05, 0.1) is 6.54 Å². The lowest BCUT2D eigenvalue weighted by Crippen LogP contribution is -2.17. The summed E-state index contributed by atoms with van der Waals surface area (Å²) in [4.78, 5) is 4.42. The fraction of sp³-hybridized carbons (Fsp3) is 0.778. The smallest absolute Gasteiger partial charge is 0.164 e. The zero-order valence-electron chi connectivity index (χ0n) is 8.44. The quantitative estimate of drug-likeness (QED) is 0.732. The van der Waals surface area contributed by atoms with Gasteiger partial charge in [-0.2, -0.15) is 5.10 Å². The van der Waals surface area contributed by atoms with Crippen molar-refractivity contribution in [2.45, 2.75) is 25.3 Å². The molecule has 0 saturated carbocycles. The normalized spacial score (nSPS) is 18.7. The molecule has 0 radical (unpaired) electrons. The van der Waals surface area contributed by atoms with E-state index in [4.69, 9.17) is 10.5 Å². The van der Waals surface area contributed by atoms with Crippen LogP contribution in [0.2, 0.25) is 0 Å². The molecule has 0 aromatic carbocycles. The average Bonchev–Trinajstić information content (AvgIpc) is 2.61. The highest BCUT2D eigenvalue weighted by Crippen LogP contribution is 2.24. The van der Waals surface area contributed by atoms with Gasteiger partial charge in [0, 0.05) is 26.2 Å². The second-order valence-electron chi connectivity index (χ2n) is 3.60. The van der Waals surface area contributed by atoms with Gasteiger partial charge < -0.3 is 10.5 Å². The van der Waals surface area contributed by atoms with Crippen LogP contribution in [0.5, 0.6) is 0 Å². The summed E-state index contributed by atoms with van der Waals surface area (Å²) in [7, 11) is 1.93. The van der Waals surface area contributed by atoms with E-state index in [1.807, 2.05) is 11.7 Å². The van der Waals surface area contributed by atoms with E-state index in [1.165, 1.54) is 0 Å². The second-order valence-corrected chi connectivity index (χ2v) is 3.60. The molecule has 0 bridgehead atoms. The Morgan fingerprint density at radius 1 is 1.50 bits per heavy atom. The van der Waals surface area contributed by atoms with Crippen molar-refractivity contribution in [3.63, 3.8) is 0 Å². The van der Waals surface area contributed by atoms with Gasteiger partial charge in [-0.1, -0.05) is 0 Å². The highest BCUT2D eigenvalue weighted by Gasteiger charge is 2.21. The predicted octanol–water partition coefficient (Wildman–Crippen LogP) is 0.168. The molecule has 0 amide bonds. The van der Waals surface area contributed by atoms with Gasteiger partial charge in [-0.25, -0.2) is 4.98 Å². The molecule has 5 nitrogen and oxygen atoms in total. The summed E-state index contributed by atoms with van der Waals surface area (Å²) in [6.07, 6.45) is 2.08. The first-order valence-electron chi connectivity index (χ1n) is 4.99. The Hall–Kier alpha value is -0.940. The predicted molar refractivity (Wildman–Crippen MR) is 51.7 cm³/mol. The van der Waals surface area contributed by atoms with Crippen molar-refractivity contribution in [2.24, 2.45) is 12.8 Å². The van der Waals surface area contributed by atoms with Crippen LogP contribution in [0, 0.1) is 0 Å². The molecule has 0 unspecified atom stereocenters. The van der Waals surface area contributed by atoms with Crippen molar-refractivity contribution in [1.82, 2.24) is 14.8 Å². The molecule has 78 valence electrons. The van der Waals surface area contributed by atoms with E-state index in [0.29, 0.717) is 12.5 Å². The molecule has 0 atom stereocenters. The highest BCUT2D eigenvalue weighted by molar-refractivity contribution is 5.00. The molecular weight excluding hydrogens is 180 g/mol. The van der Waals surface area contributed by atoms with E-state index >= 15 is 0 Å². The van der Waals surface area contributed by atoms with Crippen LogP contribution >= 0.6 is 0 Å². The van der Waals surface area contributed by atoms with Crippen LogP contribution in [0.15, 0.2) is 0 Å². The van der Waals surface area contributed by atoms with Crippen LogP contribution in [0.25, 0.3) is 0 Å². The Morgan fingerprint density at radius 2 is 2.21 bits per heavy atom. The minimum atomic E-state index is 0.414. The molecule has 0 aliphatic carbocycles. The fourth-order valence-corrected chi connectivity index (χ4v) is 1.85. The maximum Gasteiger partial charge on any atom is 0.164 e. The minimum Gasteiger partial charge on any atom is -0.381 e. The van der Waals surface area contributed by atoms with E-state index in [9.17, 15) is 0 Å². The summed E-state index contributed by atoms with van der Waals surface area (Å²) in [5.74, 6) is 2.27. The zero-order valence-corrected chi connectivity index (χ0v) is 8.44. The number of hydrogen-bond acceptors (Lipinski definition) is 4. The number of aromatic nitrogens is 3. The topological polar surface area (TPSA) is 66.0 Å². The van der Waals surface area contributed by atoms with Gasteiger partial charge in [-0.15, -0.1) is 0 Å². The van der Waals surface area contributed by atoms with Crippen LogP contribution in [0.1, 0.15) is 30.4 Å². The van der Waals surface area contributed by atoms with Crippen LogP contribution in [-0.2, 0) is 18.3 Å². The van der Waals surface area contributed by atoms with Crippen molar-refractivity contribution >= 4 is 0 Å². The van der Waals surface area contributed by atoms with Gasteiger partial charge in [-0.3, -0.25) is 4.68 Å². The van der Waals surface area contributed by atoms with Crippen LogP contribution in [-0.4, -0.2) is 28.0 Å². The van der Waals surface area contributed by atoms with Crippen LogP contribution < -0.4 is 5.73 Å². The number of nitrogens with zero attached hydrogens (tertiary/aromatic N) is 3. The maximum atomic E-state index is 5.50. The molecule has 1 aromatic rings. The molecule has 2 heterocycles. The van der Waals surface area contributed by atoms with E-state index in [2.05, 4.69) is 10.1 Å². The molecule has 1 aliphatic heterocycles. The zero-order chi connectivity index (χ0) is 9.97. The van der Waals surface area contributed by atoms with E-state index in [-0.39, 0.29) is 0 Å². The molecule has 2 rings (SSSR count). The summed E-state index contributed by atoms with van der Waals surface area (Å²) >= 11 is 0. The lowest BCUT2D eigenvalue weighted by atomic mass is 10.00. The first-order chi connectivity index (χ1) is 6.81. The first-order valence-corrected chi connectivity index (χ1v) is 4.99. The summed E-state index contributed by atoms with van der Waals surface area (Å²) in [5.41, 5.74) is 5.50. The third-order valence-electron chi connectivity index (χ3n) is 2.61. The molecule has 5 heteroatoms. The second kappa shape index (κ2) is 4.06. The van der Waals surface area contributed by atoms with Crippen molar-refractivity contribution < 1.29 is 4.74 Å². The molecule has 1 aliphatic rings. The molecule has 1 saturated heterocycles. The molecule has 14 heavy (non-hydrogen) atoms. The molecular formula is C9H16N4O. The molecule has 1 fully saturated rings. The first kappa shape index (κ1) is 9.61. The Labute approximate surface area is 83.3 Å². The summed E-state index contributed by atoms with van der Waals surface area (Å²) < 4.78 is 7.16. The van der Waals surface area contributed by atoms with Crippen LogP contribution in [0.3, 0.4) is 0 Å².